The zero-order valence-corrected chi connectivity index (χ0v) is 24.2. The summed E-state index contributed by atoms with van der Waals surface area (Å²) in [5.41, 5.74) is 2.07. The lowest BCUT2D eigenvalue weighted by Crippen LogP contribution is -2.40. The van der Waals surface area contributed by atoms with Crippen LogP contribution in [0.5, 0.6) is 11.6 Å². The first-order valence-corrected chi connectivity index (χ1v) is 14.9. The molecule has 2 atom stereocenters. The smallest absolute Gasteiger partial charge is 0.307 e. The zero-order chi connectivity index (χ0) is 27.4. The Morgan fingerprint density at radius 3 is 2.76 bits per heavy atom. The maximum Gasteiger partial charge on any atom is 0.307 e. The number of ether oxygens (including phenoxy) is 2. The standard InChI is InChI=1S/C26H28BrClFN3O5S/c1-3-36-25(33)12-18-9-7-16-5-4-6-23(20(16)15-30-18)32(2)38(34,35)19-13-21(27)26(31-14-19)37-24-10-8-17(29)11-22(24)28/h8,10-11,13-15,18,23H,3-7,9,12H2,1-2H3. The minimum Gasteiger partial charge on any atom is -0.466 e. The highest BCUT2D eigenvalue weighted by molar-refractivity contribution is 9.10. The molecule has 1 aliphatic heterocycles. The lowest BCUT2D eigenvalue weighted by molar-refractivity contribution is -0.143. The van der Waals surface area contributed by atoms with Crippen LogP contribution >= 0.6 is 27.5 Å². The Hall–Kier alpha value is -2.34. The minimum atomic E-state index is -3.93. The molecule has 1 aromatic carbocycles. The number of carbonyl (C=O) groups is 1. The van der Waals surface area contributed by atoms with Crippen molar-refractivity contribution >= 4 is 49.7 Å². The molecule has 0 fully saturated rings. The fraction of sp³-hybridized carbons (Fsp3) is 0.423. The number of rotatable bonds is 8. The first-order chi connectivity index (χ1) is 18.1. The van der Waals surface area contributed by atoms with Gasteiger partial charge in [0.1, 0.15) is 16.5 Å². The van der Waals surface area contributed by atoms with E-state index < -0.39 is 15.8 Å². The van der Waals surface area contributed by atoms with Gasteiger partial charge in [0, 0.05) is 13.3 Å². The summed E-state index contributed by atoms with van der Waals surface area (Å²) in [4.78, 5) is 20.7. The van der Waals surface area contributed by atoms with E-state index in [4.69, 9.17) is 21.1 Å². The van der Waals surface area contributed by atoms with Gasteiger partial charge in [0.15, 0.2) is 0 Å². The van der Waals surface area contributed by atoms with Crippen LogP contribution in [-0.2, 0) is 19.6 Å². The predicted molar refractivity (Wildman–Crippen MR) is 146 cm³/mol. The van der Waals surface area contributed by atoms with Crippen molar-refractivity contribution in [1.82, 2.24) is 9.29 Å². The highest BCUT2D eigenvalue weighted by Crippen LogP contribution is 2.37. The quantitative estimate of drug-likeness (QED) is 0.329. The normalized spacial score (nSPS) is 19.7. The van der Waals surface area contributed by atoms with Crippen molar-refractivity contribution in [3.63, 3.8) is 0 Å². The fourth-order valence-electron chi connectivity index (χ4n) is 4.66. The number of aromatic nitrogens is 1. The third-order valence-corrected chi connectivity index (χ3v) is 9.33. The lowest BCUT2D eigenvalue weighted by atomic mass is 9.86. The summed E-state index contributed by atoms with van der Waals surface area (Å²) in [6.07, 6.45) is 7.04. The lowest BCUT2D eigenvalue weighted by Gasteiger charge is -2.33. The molecule has 0 radical (unpaired) electrons. The van der Waals surface area contributed by atoms with E-state index in [0.717, 1.165) is 30.9 Å². The zero-order valence-electron chi connectivity index (χ0n) is 21.0. The molecule has 1 aliphatic carbocycles. The van der Waals surface area contributed by atoms with Gasteiger partial charge in [0.25, 0.3) is 0 Å². The molecule has 2 aliphatic rings. The van der Waals surface area contributed by atoms with Crippen molar-refractivity contribution in [3.8, 4) is 11.6 Å². The maximum absolute atomic E-state index is 13.6. The number of nitrogens with zero attached hydrogens (tertiary/aromatic N) is 3. The Bertz CT molecular complexity index is 1380. The van der Waals surface area contributed by atoms with E-state index in [1.165, 1.54) is 34.3 Å². The van der Waals surface area contributed by atoms with Crippen molar-refractivity contribution in [2.45, 2.75) is 62.4 Å². The molecule has 12 heteroatoms. The van der Waals surface area contributed by atoms with Crippen molar-refractivity contribution in [1.29, 1.82) is 0 Å². The molecule has 0 spiro atoms. The number of allylic oxidation sites excluding steroid dienone is 1. The number of aliphatic imine (C=N–C) groups is 1. The summed E-state index contributed by atoms with van der Waals surface area (Å²) < 4.78 is 53.0. The van der Waals surface area contributed by atoms with Crippen molar-refractivity contribution in [2.24, 2.45) is 4.99 Å². The molecule has 0 saturated heterocycles. The van der Waals surface area contributed by atoms with Gasteiger partial charge in [-0.15, -0.1) is 0 Å². The maximum atomic E-state index is 13.6. The van der Waals surface area contributed by atoms with Gasteiger partial charge in [-0.1, -0.05) is 17.2 Å². The molecule has 38 heavy (non-hydrogen) atoms. The van der Waals surface area contributed by atoms with E-state index in [1.807, 2.05) is 0 Å². The number of likely N-dealkylation sites (N-methyl/N-ethyl adjacent to an activating group) is 1. The van der Waals surface area contributed by atoms with Crippen LogP contribution in [0.4, 0.5) is 4.39 Å². The van der Waals surface area contributed by atoms with Crippen LogP contribution in [0.1, 0.15) is 45.4 Å². The second-order valence-electron chi connectivity index (χ2n) is 9.10. The molecule has 2 heterocycles. The van der Waals surface area contributed by atoms with Gasteiger partial charge < -0.3 is 9.47 Å². The number of hydrogen-bond donors (Lipinski definition) is 0. The molecule has 0 saturated carbocycles. The topological polar surface area (TPSA) is 98.2 Å². The second kappa shape index (κ2) is 12.2. The van der Waals surface area contributed by atoms with E-state index in [1.54, 1.807) is 20.2 Å². The van der Waals surface area contributed by atoms with E-state index in [0.29, 0.717) is 23.9 Å². The van der Waals surface area contributed by atoms with Gasteiger partial charge in [0.05, 0.1) is 40.8 Å². The van der Waals surface area contributed by atoms with E-state index in [2.05, 4.69) is 25.9 Å². The number of carbonyl (C=O) groups excluding carboxylic acids is 1. The fourth-order valence-corrected chi connectivity index (χ4v) is 6.78. The predicted octanol–water partition coefficient (Wildman–Crippen LogP) is 6.08. The SMILES string of the molecule is CCOC(=O)CC1CCC2=C(C=N1)C(N(C)S(=O)(=O)c1cnc(Oc3ccc(F)cc3Cl)c(Br)c1)CCC2. The minimum absolute atomic E-state index is 0.0112. The van der Waals surface area contributed by atoms with Crippen LogP contribution in [-0.4, -0.2) is 55.6 Å². The average molecular weight is 629 g/mol. The van der Waals surface area contributed by atoms with E-state index in [9.17, 15) is 17.6 Å². The van der Waals surface area contributed by atoms with Gasteiger partial charge >= 0.3 is 5.97 Å². The van der Waals surface area contributed by atoms with Gasteiger partial charge in [-0.2, -0.15) is 4.31 Å². The van der Waals surface area contributed by atoms with E-state index >= 15 is 0 Å². The summed E-state index contributed by atoms with van der Waals surface area (Å²) in [5, 5.41) is 0.0612. The van der Waals surface area contributed by atoms with Gasteiger partial charge in [-0.05, 0) is 84.8 Å². The van der Waals surface area contributed by atoms with Crippen molar-refractivity contribution in [2.75, 3.05) is 13.7 Å². The Morgan fingerprint density at radius 2 is 2.05 bits per heavy atom. The molecule has 0 bridgehead atoms. The Balaban J connectivity index is 1.54. The van der Waals surface area contributed by atoms with Crippen LogP contribution in [0.25, 0.3) is 0 Å². The molecule has 2 aromatic rings. The molecular formula is C26H28BrClFN3O5S. The highest BCUT2D eigenvalue weighted by atomic mass is 79.9. The van der Waals surface area contributed by atoms with Crippen molar-refractivity contribution < 1.29 is 27.1 Å². The summed E-state index contributed by atoms with van der Waals surface area (Å²) in [6, 6.07) is 4.52. The molecule has 2 unspecified atom stereocenters. The Labute approximate surface area is 235 Å². The first kappa shape index (κ1) is 28.7. The summed E-state index contributed by atoms with van der Waals surface area (Å²) >= 11 is 9.36. The Kier molecular flexibility index (Phi) is 9.23. The molecule has 0 N–H and O–H groups in total. The first-order valence-electron chi connectivity index (χ1n) is 12.3. The third kappa shape index (κ3) is 6.44. The summed E-state index contributed by atoms with van der Waals surface area (Å²) in [7, 11) is -2.37. The third-order valence-electron chi connectivity index (χ3n) is 6.63. The largest absolute Gasteiger partial charge is 0.466 e. The van der Waals surface area contributed by atoms with Crippen LogP contribution in [0.15, 0.2) is 56.0 Å². The monoisotopic (exact) mass is 627 g/mol. The van der Waals surface area contributed by atoms with Gasteiger partial charge in [-0.3, -0.25) is 9.79 Å². The Morgan fingerprint density at radius 1 is 1.26 bits per heavy atom. The number of halogens is 3. The van der Waals surface area contributed by atoms with Crippen LogP contribution < -0.4 is 4.74 Å². The number of benzene rings is 1. The van der Waals surface area contributed by atoms with Gasteiger partial charge in [0.2, 0.25) is 15.9 Å². The number of hydrogen-bond acceptors (Lipinski definition) is 7. The molecule has 4 rings (SSSR count). The van der Waals surface area contributed by atoms with Gasteiger partial charge in [-0.25, -0.2) is 17.8 Å². The average Bonchev–Trinajstić information content (AvgIpc) is 3.08. The van der Waals surface area contributed by atoms with E-state index in [-0.39, 0.29) is 46.0 Å². The molecule has 0 amide bonds. The number of esters is 1. The summed E-state index contributed by atoms with van der Waals surface area (Å²) in [5.74, 6) is -0.512. The molecule has 1 aromatic heterocycles. The second-order valence-corrected chi connectivity index (χ2v) is 12.4. The van der Waals surface area contributed by atoms with Crippen LogP contribution in [0, 0.1) is 5.82 Å². The highest BCUT2D eigenvalue weighted by Gasteiger charge is 2.34. The molecular weight excluding hydrogens is 601 g/mol. The van der Waals surface area contributed by atoms with Crippen LogP contribution in [0.2, 0.25) is 5.02 Å². The van der Waals surface area contributed by atoms with Crippen LogP contribution in [0.3, 0.4) is 0 Å². The molecule has 204 valence electrons. The van der Waals surface area contributed by atoms with Crippen molar-refractivity contribution in [3.05, 3.63) is 56.9 Å². The molecule has 8 nitrogen and oxygen atoms in total. The number of sulfonamides is 1. The number of pyridine rings is 1. The summed E-state index contributed by atoms with van der Waals surface area (Å²) in [6.45, 7) is 2.10.